The van der Waals surface area contributed by atoms with Gasteiger partial charge in [-0.25, -0.2) is 0 Å². The molecule has 0 bridgehead atoms. The van der Waals surface area contributed by atoms with Gasteiger partial charge >= 0.3 is 0 Å². The molecule has 1 aliphatic heterocycles. The van der Waals surface area contributed by atoms with Gasteiger partial charge in [-0.1, -0.05) is 23.4 Å². The molecule has 3 heterocycles. The largest absolute Gasteiger partial charge is 0.496 e. The van der Waals surface area contributed by atoms with Crippen LogP contribution in [0.2, 0.25) is 0 Å². The Hall–Kier alpha value is -3.22. The molecule has 1 fully saturated rings. The monoisotopic (exact) mass is 378 g/mol. The lowest BCUT2D eigenvalue weighted by Gasteiger charge is -2.31. The van der Waals surface area contributed by atoms with Gasteiger partial charge in [0.2, 0.25) is 17.6 Å². The van der Waals surface area contributed by atoms with Crippen LogP contribution in [0, 0.1) is 0 Å². The number of nitrogens with zero attached hydrogens (tertiary/aromatic N) is 4. The first-order valence-electron chi connectivity index (χ1n) is 9.38. The maximum atomic E-state index is 12.8. The summed E-state index contributed by atoms with van der Waals surface area (Å²) >= 11 is 0. The highest BCUT2D eigenvalue weighted by Gasteiger charge is 2.29. The number of amides is 1. The van der Waals surface area contributed by atoms with Gasteiger partial charge in [0.25, 0.3) is 0 Å². The molecular formula is C21H22N4O3. The molecule has 1 amide bonds. The predicted molar refractivity (Wildman–Crippen MR) is 103 cm³/mol. The first kappa shape index (κ1) is 18.2. The summed E-state index contributed by atoms with van der Waals surface area (Å²) in [4.78, 5) is 23.3. The van der Waals surface area contributed by atoms with Gasteiger partial charge < -0.3 is 14.2 Å². The molecule has 0 saturated carbocycles. The molecule has 1 saturated heterocycles. The molecule has 1 aromatic carbocycles. The van der Waals surface area contributed by atoms with Gasteiger partial charge in [-0.3, -0.25) is 9.78 Å². The number of hydrogen-bond acceptors (Lipinski definition) is 6. The van der Waals surface area contributed by atoms with Gasteiger partial charge in [-0.05, 0) is 31.0 Å². The van der Waals surface area contributed by atoms with E-state index in [1.54, 1.807) is 19.5 Å². The fourth-order valence-electron chi connectivity index (χ4n) is 3.54. The molecule has 0 spiro atoms. The Bertz CT molecular complexity index is 942. The minimum absolute atomic E-state index is 0.0493. The van der Waals surface area contributed by atoms with E-state index >= 15 is 0 Å². The van der Waals surface area contributed by atoms with Crippen LogP contribution in [0.1, 0.15) is 30.2 Å². The number of aromatic nitrogens is 3. The maximum Gasteiger partial charge on any atom is 0.231 e. The number of rotatable bonds is 5. The van der Waals surface area contributed by atoms with E-state index in [4.69, 9.17) is 9.26 Å². The molecule has 144 valence electrons. The van der Waals surface area contributed by atoms with Crippen LogP contribution in [0.5, 0.6) is 5.75 Å². The third-order valence-corrected chi connectivity index (χ3v) is 5.02. The predicted octanol–water partition coefficient (Wildman–Crippen LogP) is 3.09. The van der Waals surface area contributed by atoms with Crippen molar-refractivity contribution in [3.05, 3.63) is 60.2 Å². The Labute approximate surface area is 163 Å². The second kappa shape index (κ2) is 8.21. The van der Waals surface area contributed by atoms with Crippen molar-refractivity contribution in [3.63, 3.8) is 0 Å². The van der Waals surface area contributed by atoms with E-state index in [-0.39, 0.29) is 11.8 Å². The Morgan fingerprint density at radius 1 is 1.29 bits per heavy atom. The number of pyridine rings is 1. The number of ether oxygens (including phenoxy) is 1. The van der Waals surface area contributed by atoms with Crippen LogP contribution in [-0.2, 0) is 11.2 Å². The first-order valence-corrected chi connectivity index (χ1v) is 9.38. The van der Waals surface area contributed by atoms with Crippen molar-refractivity contribution in [2.75, 3.05) is 20.2 Å². The van der Waals surface area contributed by atoms with Gasteiger partial charge in [0.1, 0.15) is 5.75 Å². The van der Waals surface area contributed by atoms with Crippen molar-refractivity contribution >= 4 is 5.91 Å². The number of piperidine rings is 1. The zero-order chi connectivity index (χ0) is 19.3. The summed E-state index contributed by atoms with van der Waals surface area (Å²) < 4.78 is 10.9. The molecule has 28 heavy (non-hydrogen) atoms. The number of carbonyl (C=O) groups is 1. The van der Waals surface area contributed by atoms with Crippen molar-refractivity contribution in [1.29, 1.82) is 0 Å². The standard InChI is InChI=1S/C21H22N4O3/c1-27-18-9-3-2-6-15(18)12-19(26)25-11-5-8-17(14-25)21-23-20(24-28-21)16-7-4-10-22-13-16/h2-4,6-7,9-10,13,17H,5,8,11-12,14H2,1H3/t17-/m1/s1. The van der Waals surface area contributed by atoms with Gasteiger partial charge in [-0.2, -0.15) is 4.98 Å². The van der Waals surface area contributed by atoms with Crippen LogP contribution in [-0.4, -0.2) is 46.1 Å². The van der Waals surface area contributed by atoms with Crippen LogP contribution in [0.3, 0.4) is 0 Å². The molecule has 0 N–H and O–H groups in total. The molecule has 3 aromatic rings. The molecule has 0 radical (unpaired) electrons. The van der Waals surface area contributed by atoms with E-state index in [0.717, 1.165) is 36.3 Å². The fraction of sp³-hybridized carbons (Fsp3) is 0.333. The highest BCUT2D eigenvalue weighted by atomic mass is 16.5. The number of benzene rings is 1. The summed E-state index contributed by atoms with van der Waals surface area (Å²) in [6, 6.07) is 11.4. The second-order valence-corrected chi connectivity index (χ2v) is 6.87. The van der Waals surface area contributed by atoms with Crippen molar-refractivity contribution in [3.8, 4) is 17.1 Å². The van der Waals surface area contributed by atoms with Crippen molar-refractivity contribution in [2.24, 2.45) is 0 Å². The molecular weight excluding hydrogens is 356 g/mol. The fourth-order valence-corrected chi connectivity index (χ4v) is 3.54. The molecule has 2 aromatic heterocycles. The third-order valence-electron chi connectivity index (χ3n) is 5.02. The van der Waals surface area contributed by atoms with Crippen molar-refractivity contribution in [2.45, 2.75) is 25.2 Å². The van der Waals surface area contributed by atoms with Crippen LogP contribution in [0.4, 0.5) is 0 Å². The van der Waals surface area contributed by atoms with Crippen LogP contribution < -0.4 is 4.74 Å². The number of methoxy groups -OCH3 is 1. The van der Waals surface area contributed by atoms with Gasteiger partial charge in [0.15, 0.2) is 0 Å². The second-order valence-electron chi connectivity index (χ2n) is 6.87. The van der Waals surface area contributed by atoms with Gasteiger partial charge in [0.05, 0.1) is 19.4 Å². The maximum absolute atomic E-state index is 12.8. The molecule has 0 aliphatic carbocycles. The Morgan fingerprint density at radius 2 is 2.18 bits per heavy atom. The first-order chi connectivity index (χ1) is 13.7. The van der Waals surface area contributed by atoms with Gasteiger partial charge in [-0.15, -0.1) is 0 Å². The lowest BCUT2D eigenvalue weighted by atomic mass is 9.97. The zero-order valence-corrected chi connectivity index (χ0v) is 15.7. The highest BCUT2D eigenvalue weighted by molar-refractivity contribution is 5.79. The average Bonchev–Trinajstić information content (AvgIpc) is 3.25. The number of carbonyl (C=O) groups excluding carboxylic acids is 1. The smallest absolute Gasteiger partial charge is 0.231 e. The van der Waals surface area contributed by atoms with Crippen molar-refractivity contribution in [1.82, 2.24) is 20.0 Å². The molecule has 1 atom stereocenters. The van der Waals surface area contributed by atoms with E-state index in [1.807, 2.05) is 41.3 Å². The minimum atomic E-state index is 0.0493. The summed E-state index contributed by atoms with van der Waals surface area (Å²) in [5.74, 6) is 1.98. The lowest BCUT2D eigenvalue weighted by Crippen LogP contribution is -2.40. The normalized spacial score (nSPS) is 16.8. The van der Waals surface area contributed by atoms with Gasteiger partial charge in [0, 0.05) is 36.6 Å². The highest BCUT2D eigenvalue weighted by Crippen LogP contribution is 2.28. The molecule has 7 nitrogen and oxygen atoms in total. The SMILES string of the molecule is COc1ccccc1CC(=O)N1CCC[C@@H](c2nc(-c3cccnc3)no2)C1. The van der Waals surface area contributed by atoms with E-state index in [2.05, 4.69) is 15.1 Å². The summed E-state index contributed by atoms with van der Waals surface area (Å²) in [6.07, 6.45) is 5.57. The zero-order valence-electron chi connectivity index (χ0n) is 15.7. The van der Waals surface area contributed by atoms with Crippen LogP contribution >= 0.6 is 0 Å². The third kappa shape index (κ3) is 3.88. The summed E-state index contributed by atoms with van der Waals surface area (Å²) in [5, 5.41) is 4.08. The van der Waals surface area contributed by atoms with Crippen LogP contribution in [0.15, 0.2) is 53.3 Å². The lowest BCUT2D eigenvalue weighted by molar-refractivity contribution is -0.131. The average molecular weight is 378 g/mol. The number of likely N-dealkylation sites (tertiary alicyclic amines) is 1. The number of para-hydroxylation sites is 1. The molecule has 7 heteroatoms. The molecule has 1 aliphatic rings. The Balaban J connectivity index is 1.44. The van der Waals surface area contributed by atoms with E-state index < -0.39 is 0 Å². The number of hydrogen-bond donors (Lipinski definition) is 0. The molecule has 4 rings (SSSR count). The van der Waals surface area contributed by atoms with E-state index in [1.165, 1.54) is 0 Å². The quantitative estimate of drug-likeness (QED) is 0.679. The minimum Gasteiger partial charge on any atom is -0.496 e. The summed E-state index contributed by atoms with van der Waals surface area (Å²) in [5.41, 5.74) is 1.71. The van der Waals surface area contributed by atoms with E-state index in [0.29, 0.717) is 24.7 Å². The Kier molecular flexibility index (Phi) is 5.32. The van der Waals surface area contributed by atoms with E-state index in [9.17, 15) is 4.79 Å². The van der Waals surface area contributed by atoms with Crippen LogP contribution in [0.25, 0.3) is 11.4 Å². The molecule has 0 unspecified atom stereocenters. The summed E-state index contributed by atoms with van der Waals surface area (Å²) in [6.45, 7) is 1.33. The topological polar surface area (TPSA) is 81.4 Å². The van der Waals surface area contributed by atoms with Crippen molar-refractivity contribution < 1.29 is 14.1 Å². The Morgan fingerprint density at radius 3 is 3.00 bits per heavy atom. The summed E-state index contributed by atoms with van der Waals surface area (Å²) in [7, 11) is 1.62.